The van der Waals surface area contributed by atoms with Gasteiger partial charge in [-0.05, 0) is 38.8 Å². The van der Waals surface area contributed by atoms with E-state index in [1.165, 1.54) is 19.3 Å². The average molecular weight is 296 g/mol. The van der Waals surface area contributed by atoms with Crippen LogP contribution in [0.3, 0.4) is 0 Å². The van der Waals surface area contributed by atoms with Crippen molar-refractivity contribution in [3.8, 4) is 0 Å². The molecule has 1 heterocycles. The number of aliphatic carboxylic acids is 1. The Kier molecular flexibility index (Phi) is 6.03. The number of piperidine rings is 1. The predicted octanol–water partition coefficient (Wildman–Crippen LogP) is 2.01. The van der Waals surface area contributed by atoms with Gasteiger partial charge in [0.15, 0.2) is 0 Å². The molecule has 2 rings (SSSR count). The molecule has 0 aromatic heterocycles. The molecular weight excluding hydrogens is 268 g/mol. The number of carbonyl (C=O) groups is 2. The van der Waals surface area contributed by atoms with Crippen molar-refractivity contribution in [2.75, 3.05) is 26.2 Å². The summed E-state index contributed by atoms with van der Waals surface area (Å²) in [5.74, 6) is -0.898. The largest absolute Gasteiger partial charge is 0.481 e. The topological polar surface area (TPSA) is 69.6 Å². The summed E-state index contributed by atoms with van der Waals surface area (Å²) < 4.78 is 0. The number of hydrogen-bond donors (Lipinski definition) is 2. The van der Waals surface area contributed by atoms with E-state index in [9.17, 15) is 14.7 Å². The second kappa shape index (κ2) is 7.78. The maximum absolute atomic E-state index is 12.1. The van der Waals surface area contributed by atoms with Gasteiger partial charge in [0.25, 0.3) is 0 Å². The Bertz CT molecular complexity index is 359. The van der Waals surface area contributed by atoms with Crippen LogP contribution in [0.2, 0.25) is 0 Å². The monoisotopic (exact) mass is 296 g/mol. The van der Waals surface area contributed by atoms with Crippen molar-refractivity contribution >= 4 is 11.9 Å². The minimum atomic E-state index is -0.812. The van der Waals surface area contributed by atoms with Gasteiger partial charge in [-0.3, -0.25) is 9.59 Å². The van der Waals surface area contributed by atoms with Crippen LogP contribution in [0.1, 0.15) is 57.8 Å². The summed E-state index contributed by atoms with van der Waals surface area (Å²) in [4.78, 5) is 26.0. The van der Waals surface area contributed by atoms with Crippen LogP contribution in [0.5, 0.6) is 0 Å². The lowest BCUT2D eigenvalue weighted by Gasteiger charge is -2.32. The average Bonchev–Trinajstić information content (AvgIpc) is 2.49. The van der Waals surface area contributed by atoms with Crippen LogP contribution in [0.4, 0.5) is 0 Å². The Labute approximate surface area is 127 Å². The molecule has 21 heavy (non-hydrogen) atoms. The number of nitrogens with zero attached hydrogens (tertiary/aromatic N) is 1. The van der Waals surface area contributed by atoms with Gasteiger partial charge in [0.1, 0.15) is 0 Å². The number of likely N-dealkylation sites (tertiary alicyclic amines) is 1. The van der Waals surface area contributed by atoms with Crippen LogP contribution in [-0.4, -0.2) is 48.1 Å². The van der Waals surface area contributed by atoms with E-state index in [2.05, 4.69) is 10.2 Å². The number of carbonyl (C=O) groups excluding carboxylic acids is 1. The fraction of sp³-hybridized carbons (Fsp3) is 0.875. The van der Waals surface area contributed by atoms with Gasteiger partial charge in [-0.2, -0.15) is 0 Å². The second-order valence-corrected chi connectivity index (χ2v) is 6.58. The van der Waals surface area contributed by atoms with Crippen molar-refractivity contribution in [3.63, 3.8) is 0 Å². The van der Waals surface area contributed by atoms with E-state index in [-0.39, 0.29) is 12.3 Å². The molecule has 2 aliphatic rings. The lowest BCUT2D eigenvalue weighted by atomic mass is 9.71. The van der Waals surface area contributed by atoms with Crippen LogP contribution in [0.15, 0.2) is 0 Å². The first kappa shape index (κ1) is 16.3. The summed E-state index contributed by atoms with van der Waals surface area (Å²) in [6.45, 7) is 3.75. The zero-order valence-electron chi connectivity index (χ0n) is 12.9. The first-order valence-corrected chi connectivity index (χ1v) is 8.35. The van der Waals surface area contributed by atoms with Gasteiger partial charge in [0.2, 0.25) is 5.91 Å². The molecule has 1 saturated heterocycles. The molecule has 0 aromatic rings. The van der Waals surface area contributed by atoms with Crippen molar-refractivity contribution in [1.82, 2.24) is 10.2 Å². The normalized spacial score (nSPS) is 22.7. The molecular formula is C16H28N2O3. The van der Waals surface area contributed by atoms with Gasteiger partial charge < -0.3 is 15.3 Å². The first-order chi connectivity index (χ1) is 10.1. The zero-order valence-corrected chi connectivity index (χ0v) is 12.9. The Balaban J connectivity index is 1.73. The third kappa shape index (κ3) is 4.70. The highest BCUT2D eigenvalue weighted by atomic mass is 16.4. The van der Waals surface area contributed by atoms with Gasteiger partial charge in [-0.25, -0.2) is 0 Å². The number of hydrogen-bond acceptors (Lipinski definition) is 3. The zero-order chi connectivity index (χ0) is 15.1. The van der Waals surface area contributed by atoms with Crippen LogP contribution < -0.4 is 5.32 Å². The molecule has 0 radical (unpaired) electrons. The van der Waals surface area contributed by atoms with E-state index in [0.717, 1.165) is 38.9 Å². The van der Waals surface area contributed by atoms with E-state index in [1.54, 1.807) is 0 Å². The number of nitrogens with one attached hydrogen (secondary N) is 1. The van der Waals surface area contributed by atoms with Crippen LogP contribution in [0.25, 0.3) is 0 Å². The van der Waals surface area contributed by atoms with E-state index < -0.39 is 11.4 Å². The third-order valence-corrected chi connectivity index (χ3v) is 4.96. The molecule has 1 saturated carbocycles. The second-order valence-electron chi connectivity index (χ2n) is 6.58. The van der Waals surface area contributed by atoms with Gasteiger partial charge in [0.05, 0.1) is 5.41 Å². The first-order valence-electron chi connectivity index (χ1n) is 8.35. The van der Waals surface area contributed by atoms with E-state index in [4.69, 9.17) is 0 Å². The molecule has 2 fully saturated rings. The lowest BCUT2D eigenvalue weighted by Crippen LogP contribution is -2.42. The minimum Gasteiger partial charge on any atom is -0.481 e. The highest BCUT2D eigenvalue weighted by molar-refractivity contribution is 5.85. The van der Waals surface area contributed by atoms with Gasteiger partial charge >= 0.3 is 5.97 Å². The quantitative estimate of drug-likeness (QED) is 0.786. The van der Waals surface area contributed by atoms with Crippen LogP contribution in [0, 0.1) is 5.41 Å². The summed E-state index contributed by atoms with van der Waals surface area (Å²) in [5.41, 5.74) is -0.812. The molecule has 0 unspecified atom stereocenters. The summed E-state index contributed by atoms with van der Waals surface area (Å²) in [6, 6.07) is 0. The molecule has 1 amide bonds. The number of carboxylic acids is 1. The maximum Gasteiger partial charge on any atom is 0.310 e. The van der Waals surface area contributed by atoms with Gasteiger partial charge in [-0.15, -0.1) is 0 Å². The number of carboxylic acid groups (broad SMARTS) is 1. The molecule has 5 nitrogen and oxygen atoms in total. The minimum absolute atomic E-state index is 0.101. The molecule has 1 aliphatic heterocycles. The molecule has 120 valence electrons. The highest BCUT2D eigenvalue weighted by Gasteiger charge is 2.41. The van der Waals surface area contributed by atoms with Crippen molar-refractivity contribution in [2.24, 2.45) is 5.41 Å². The Morgan fingerprint density at radius 2 is 1.62 bits per heavy atom. The van der Waals surface area contributed by atoms with Gasteiger partial charge in [0, 0.05) is 19.5 Å². The van der Waals surface area contributed by atoms with Crippen molar-refractivity contribution < 1.29 is 14.7 Å². The number of amides is 1. The standard InChI is InChI=1S/C16H28N2O3/c19-14(17-9-12-18-10-5-2-6-11-18)13-16(15(20)21)7-3-1-4-8-16/h1-13H2,(H,17,19)(H,20,21). The smallest absolute Gasteiger partial charge is 0.310 e. The molecule has 2 N–H and O–H groups in total. The van der Waals surface area contributed by atoms with Crippen LogP contribution >= 0.6 is 0 Å². The molecule has 0 atom stereocenters. The molecule has 0 aromatic carbocycles. The maximum atomic E-state index is 12.1. The molecule has 1 aliphatic carbocycles. The van der Waals surface area contributed by atoms with Crippen molar-refractivity contribution in [2.45, 2.75) is 57.8 Å². The third-order valence-electron chi connectivity index (χ3n) is 4.96. The fourth-order valence-electron chi connectivity index (χ4n) is 3.60. The SMILES string of the molecule is O=C(CC1(C(=O)O)CCCCC1)NCCN1CCCCC1. The summed E-state index contributed by atoms with van der Waals surface area (Å²) in [6.07, 6.45) is 8.16. The molecule has 0 bridgehead atoms. The molecule has 5 heteroatoms. The van der Waals surface area contributed by atoms with E-state index in [0.29, 0.717) is 19.4 Å². The highest BCUT2D eigenvalue weighted by Crippen LogP contribution is 2.39. The Morgan fingerprint density at radius 1 is 1.00 bits per heavy atom. The Hall–Kier alpha value is -1.10. The predicted molar refractivity (Wildman–Crippen MR) is 81.1 cm³/mol. The molecule has 0 spiro atoms. The van der Waals surface area contributed by atoms with Crippen LogP contribution in [-0.2, 0) is 9.59 Å². The number of rotatable bonds is 6. The van der Waals surface area contributed by atoms with Crippen molar-refractivity contribution in [3.05, 3.63) is 0 Å². The summed E-state index contributed by atoms with van der Waals surface area (Å²) in [7, 11) is 0. The fourth-order valence-corrected chi connectivity index (χ4v) is 3.60. The lowest BCUT2D eigenvalue weighted by molar-refractivity contribution is -0.154. The van der Waals surface area contributed by atoms with E-state index >= 15 is 0 Å². The van der Waals surface area contributed by atoms with E-state index in [1.807, 2.05) is 0 Å². The van der Waals surface area contributed by atoms with Crippen molar-refractivity contribution in [1.29, 1.82) is 0 Å². The summed E-state index contributed by atoms with van der Waals surface area (Å²) >= 11 is 0. The summed E-state index contributed by atoms with van der Waals surface area (Å²) in [5, 5.41) is 12.4. The Morgan fingerprint density at radius 3 is 2.24 bits per heavy atom. The van der Waals surface area contributed by atoms with Gasteiger partial charge in [-0.1, -0.05) is 25.7 Å².